The summed E-state index contributed by atoms with van der Waals surface area (Å²) in [5.74, 6) is 1.81. The summed E-state index contributed by atoms with van der Waals surface area (Å²) in [5, 5.41) is 0. The number of hydrogen-bond donors (Lipinski definition) is 0. The van der Waals surface area contributed by atoms with Crippen molar-refractivity contribution in [3.05, 3.63) is 42.5 Å². The molecule has 1 saturated carbocycles. The van der Waals surface area contributed by atoms with E-state index in [0.29, 0.717) is 11.7 Å². The zero-order chi connectivity index (χ0) is 20.7. The molecule has 1 fully saturated rings. The maximum Gasteiger partial charge on any atom is 0.335 e. The molecule has 0 heterocycles. The molecule has 2 rings (SSSR count). The van der Waals surface area contributed by atoms with E-state index in [-0.39, 0.29) is 0 Å². The smallest absolute Gasteiger partial charge is 0.335 e. The molecule has 0 aromatic heterocycles. The lowest BCUT2D eigenvalue weighted by molar-refractivity contribution is -0.128. The lowest BCUT2D eigenvalue weighted by atomic mass is 9.77. The monoisotopic (exact) mass is 398 g/mol. The molecule has 1 aliphatic rings. The number of carbonyl (C=O) groups is 1. The van der Waals surface area contributed by atoms with Gasteiger partial charge in [-0.3, -0.25) is 0 Å². The fraction of sp³-hybridized carbons (Fsp3) is 0.667. The molecule has 0 radical (unpaired) electrons. The number of ether oxygens (including phenoxy) is 1. The summed E-state index contributed by atoms with van der Waals surface area (Å²) in [4.78, 5) is 11.3. The van der Waals surface area contributed by atoms with Gasteiger partial charge in [-0.25, -0.2) is 4.79 Å². The molecule has 0 unspecified atom stereocenters. The molecule has 0 atom stereocenters. The second kappa shape index (κ2) is 14.4. The Bertz CT molecular complexity index is 567. The van der Waals surface area contributed by atoms with Gasteiger partial charge in [0.05, 0.1) is 0 Å². The number of rotatable bonds is 14. The molecule has 2 heteroatoms. The standard InChI is InChI=1S/C27H42O2/c1-3-5-6-7-8-9-10-11-12-13-14-23-15-17-24(18-16-23)25-19-21-26(22-20-25)29-27(28)4-2/h4,19-24H,2-3,5-18H2,1H3. The Labute approximate surface area is 179 Å². The molecule has 0 aliphatic heterocycles. The summed E-state index contributed by atoms with van der Waals surface area (Å²) in [5.41, 5.74) is 1.39. The Kier molecular flexibility index (Phi) is 11.8. The van der Waals surface area contributed by atoms with Gasteiger partial charge in [0.15, 0.2) is 0 Å². The number of carbonyl (C=O) groups excluding carboxylic acids is 1. The topological polar surface area (TPSA) is 26.3 Å². The minimum Gasteiger partial charge on any atom is -0.423 e. The van der Waals surface area contributed by atoms with Crippen LogP contribution in [0.25, 0.3) is 0 Å². The van der Waals surface area contributed by atoms with Crippen LogP contribution in [0.1, 0.15) is 115 Å². The van der Waals surface area contributed by atoms with Gasteiger partial charge in [0.25, 0.3) is 0 Å². The van der Waals surface area contributed by atoms with Gasteiger partial charge >= 0.3 is 5.97 Å². The summed E-state index contributed by atoms with van der Waals surface area (Å²) in [6.45, 7) is 5.72. The maximum absolute atomic E-state index is 11.3. The van der Waals surface area contributed by atoms with Crippen molar-refractivity contribution in [2.24, 2.45) is 5.92 Å². The molecule has 29 heavy (non-hydrogen) atoms. The largest absolute Gasteiger partial charge is 0.423 e. The predicted octanol–water partition coefficient (Wildman–Crippen LogP) is 8.36. The summed E-state index contributed by atoms with van der Waals surface area (Å²) in [6, 6.07) is 8.07. The lowest BCUT2D eigenvalue weighted by Crippen LogP contribution is -2.13. The normalized spacial score (nSPS) is 19.1. The quantitative estimate of drug-likeness (QED) is 0.136. The molecule has 1 aromatic carbocycles. The number of benzene rings is 1. The van der Waals surface area contributed by atoms with Crippen LogP contribution in [0, 0.1) is 5.92 Å². The summed E-state index contributed by atoms with van der Waals surface area (Å²) in [7, 11) is 0. The third kappa shape index (κ3) is 9.65. The van der Waals surface area contributed by atoms with E-state index in [0.717, 1.165) is 5.92 Å². The van der Waals surface area contributed by atoms with Crippen LogP contribution in [0.4, 0.5) is 0 Å². The highest BCUT2D eigenvalue weighted by Crippen LogP contribution is 2.38. The van der Waals surface area contributed by atoms with Crippen LogP contribution in [-0.4, -0.2) is 5.97 Å². The van der Waals surface area contributed by atoms with Crippen LogP contribution in [0.3, 0.4) is 0 Å². The molecular weight excluding hydrogens is 356 g/mol. The fourth-order valence-electron chi connectivity index (χ4n) is 4.67. The van der Waals surface area contributed by atoms with Crippen LogP contribution < -0.4 is 4.74 Å². The summed E-state index contributed by atoms with van der Waals surface area (Å²) < 4.78 is 5.17. The second-order valence-corrected chi connectivity index (χ2v) is 8.88. The Morgan fingerprint density at radius 3 is 2.00 bits per heavy atom. The van der Waals surface area contributed by atoms with Gasteiger partial charge in [-0.05, 0) is 55.2 Å². The molecule has 0 saturated heterocycles. The van der Waals surface area contributed by atoms with E-state index in [1.807, 2.05) is 12.1 Å². The van der Waals surface area contributed by atoms with E-state index in [1.54, 1.807) is 0 Å². The highest BCUT2D eigenvalue weighted by molar-refractivity contribution is 5.83. The number of hydrogen-bond acceptors (Lipinski definition) is 2. The molecule has 0 bridgehead atoms. The van der Waals surface area contributed by atoms with E-state index < -0.39 is 5.97 Å². The minimum absolute atomic E-state index is 0.398. The van der Waals surface area contributed by atoms with Gasteiger partial charge in [0, 0.05) is 6.08 Å². The van der Waals surface area contributed by atoms with Gasteiger partial charge in [-0.2, -0.15) is 0 Å². The van der Waals surface area contributed by atoms with E-state index in [1.165, 1.54) is 108 Å². The van der Waals surface area contributed by atoms with Crippen LogP contribution >= 0.6 is 0 Å². The highest BCUT2D eigenvalue weighted by Gasteiger charge is 2.22. The SMILES string of the molecule is C=CC(=O)Oc1ccc(C2CCC(CCCCCCCCCCCC)CC2)cc1. The van der Waals surface area contributed by atoms with Gasteiger partial charge < -0.3 is 4.74 Å². The minimum atomic E-state index is -0.398. The third-order valence-electron chi connectivity index (χ3n) is 6.55. The lowest BCUT2D eigenvalue weighted by Gasteiger charge is -2.29. The Balaban J connectivity index is 1.53. The second-order valence-electron chi connectivity index (χ2n) is 8.88. The molecule has 0 spiro atoms. The van der Waals surface area contributed by atoms with Crippen molar-refractivity contribution >= 4 is 5.97 Å². The molecule has 1 aromatic rings. The Hall–Kier alpha value is -1.57. The fourth-order valence-corrected chi connectivity index (χ4v) is 4.67. The van der Waals surface area contributed by atoms with E-state index in [4.69, 9.17) is 4.74 Å². The summed E-state index contributed by atoms with van der Waals surface area (Å²) in [6.07, 6.45) is 22.2. The Morgan fingerprint density at radius 1 is 0.897 bits per heavy atom. The highest BCUT2D eigenvalue weighted by atomic mass is 16.5. The molecule has 0 amide bonds. The van der Waals surface area contributed by atoms with Crippen molar-refractivity contribution in [2.45, 2.75) is 109 Å². The average Bonchev–Trinajstić information content (AvgIpc) is 2.76. The first-order valence-electron chi connectivity index (χ1n) is 12.2. The van der Waals surface area contributed by atoms with Crippen molar-refractivity contribution in [2.75, 3.05) is 0 Å². The Morgan fingerprint density at radius 2 is 1.45 bits per heavy atom. The van der Waals surface area contributed by atoms with Crippen molar-refractivity contribution in [1.82, 2.24) is 0 Å². The van der Waals surface area contributed by atoms with Gasteiger partial charge in [0.2, 0.25) is 0 Å². The van der Waals surface area contributed by atoms with Crippen LogP contribution in [-0.2, 0) is 4.79 Å². The van der Waals surface area contributed by atoms with E-state index >= 15 is 0 Å². The van der Waals surface area contributed by atoms with Crippen molar-refractivity contribution in [3.8, 4) is 5.75 Å². The predicted molar refractivity (Wildman–Crippen MR) is 123 cm³/mol. The molecular formula is C27H42O2. The summed E-state index contributed by atoms with van der Waals surface area (Å²) >= 11 is 0. The molecule has 2 nitrogen and oxygen atoms in total. The number of unbranched alkanes of at least 4 members (excludes halogenated alkanes) is 9. The third-order valence-corrected chi connectivity index (χ3v) is 6.55. The first-order valence-corrected chi connectivity index (χ1v) is 12.2. The van der Waals surface area contributed by atoms with Crippen molar-refractivity contribution < 1.29 is 9.53 Å². The molecule has 0 N–H and O–H groups in total. The van der Waals surface area contributed by atoms with Crippen LogP contribution in [0.5, 0.6) is 5.75 Å². The van der Waals surface area contributed by atoms with E-state index in [2.05, 4.69) is 25.6 Å². The molecule has 162 valence electrons. The molecule has 1 aliphatic carbocycles. The van der Waals surface area contributed by atoms with Gasteiger partial charge in [-0.15, -0.1) is 0 Å². The van der Waals surface area contributed by atoms with Gasteiger partial charge in [0.1, 0.15) is 5.75 Å². The maximum atomic E-state index is 11.3. The van der Waals surface area contributed by atoms with Crippen LogP contribution in [0.15, 0.2) is 36.9 Å². The average molecular weight is 399 g/mol. The first kappa shape index (κ1) is 23.7. The van der Waals surface area contributed by atoms with Gasteiger partial charge in [-0.1, -0.05) is 96.3 Å². The van der Waals surface area contributed by atoms with E-state index in [9.17, 15) is 4.79 Å². The first-order chi connectivity index (χ1) is 14.2. The van der Waals surface area contributed by atoms with Crippen LogP contribution in [0.2, 0.25) is 0 Å². The zero-order valence-corrected chi connectivity index (χ0v) is 18.7. The zero-order valence-electron chi connectivity index (χ0n) is 18.7. The van der Waals surface area contributed by atoms with Crippen molar-refractivity contribution in [1.29, 1.82) is 0 Å². The van der Waals surface area contributed by atoms with Crippen molar-refractivity contribution in [3.63, 3.8) is 0 Å². The number of esters is 1.